The molecule has 3 aromatic rings. The van der Waals surface area contributed by atoms with Crippen molar-refractivity contribution in [3.05, 3.63) is 42.2 Å². The van der Waals surface area contributed by atoms with Crippen molar-refractivity contribution in [1.29, 1.82) is 0 Å². The van der Waals surface area contributed by atoms with Crippen molar-refractivity contribution in [2.24, 2.45) is 0 Å². The Morgan fingerprint density at radius 3 is 2.50 bits per heavy atom. The molecule has 0 bridgehead atoms. The highest BCUT2D eigenvalue weighted by atomic mass is 32.2. The smallest absolute Gasteiger partial charge is 0.294 e. The van der Waals surface area contributed by atoms with Gasteiger partial charge in [-0.1, -0.05) is 0 Å². The van der Waals surface area contributed by atoms with Crippen molar-refractivity contribution >= 4 is 32.1 Å². The minimum atomic E-state index is -4.26. The topological polar surface area (TPSA) is 67.5 Å². The Morgan fingerprint density at radius 1 is 1.00 bits per heavy atom. The SMILES string of the molecule is O=S(=O)(O)c1ccc2oc3cc(F)ccc3c2c1. The lowest BCUT2D eigenvalue weighted by Gasteiger charge is -1.96. The monoisotopic (exact) mass is 266 g/mol. The zero-order valence-electron chi connectivity index (χ0n) is 8.92. The molecule has 0 unspecified atom stereocenters. The second-order valence-corrected chi connectivity index (χ2v) is 5.30. The molecule has 4 nitrogen and oxygen atoms in total. The van der Waals surface area contributed by atoms with Gasteiger partial charge in [0.15, 0.2) is 0 Å². The van der Waals surface area contributed by atoms with Gasteiger partial charge in [-0.15, -0.1) is 0 Å². The second kappa shape index (κ2) is 3.54. The first-order valence-electron chi connectivity index (χ1n) is 5.04. The molecule has 0 aliphatic heterocycles. The van der Waals surface area contributed by atoms with Crippen LogP contribution in [0.15, 0.2) is 45.7 Å². The lowest BCUT2D eigenvalue weighted by Crippen LogP contribution is -1.96. The van der Waals surface area contributed by atoms with E-state index in [-0.39, 0.29) is 4.90 Å². The van der Waals surface area contributed by atoms with Crippen molar-refractivity contribution in [2.75, 3.05) is 0 Å². The highest BCUT2D eigenvalue weighted by Crippen LogP contribution is 2.30. The summed E-state index contributed by atoms with van der Waals surface area (Å²) in [6.07, 6.45) is 0. The van der Waals surface area contributed by atoms with E-state index in [1.54, 1.807) is 0 Å². The molecular weight excluding hydrogens is 259 g/mol. The van der Waals surface area contributed by atoms with E-state index in [1.165, 1.54) is 36.4 Å². The fourth-order valence-corrected chi connectivity index (χ4v) is 2.40. The van der Waals surface area contributed by atoms with Gasteiger partial charge >= 0.3 is 0 Å². The lowest BCUT2D eigenvalue weighted by atomic mass is 10.1. The molecule has 1 N–H and O–H groups in total. The summed E-state index contributed by atoms with van der Waals surface area (Å²) >= 11 is 0. The molecular formula is C12H7FO4S. The molecule has 1 heterocycles. The molecule has 2 aromatic carbocycles. The number of rotatable bonds is 1. The van der Waals surface area contributed by atoms with Gasteiger partial charge in [0, 0.05) is 16.8 Å². The lowest BCUT2D eigenvalue weighted by molar-refractivity contribution is 0.483. The molecule has 0 saturated carbocycles. The first kappa shape index (κ1) is 11.2. The molecule has 1 aromatic heterocycles. The maximum absolute atomic E-state index is 13.0. The number of benzene rings is 2. The second-order valence-electron chi connectivity index (χ2n) is 3.88. The van der Waals surface area contributed by atoms with Crippen LogP contribution in [0.4, 0.5) is 4.39 Å². The maximum atomic E-state index is 13.0. The van der Waals surface area contributed by atoms with Crippen LogP contribution in [-0.4, -0.2) is 13.0 Å². The van der Waals surface area contributed by atoms with Gasteiger partial charge in [-0.2, -0.15) is 8.42 Å². The zero-order chi connectivity index (χ0) is 12.9. The summed E-state index contributed by atoms with van der Waals surface area (Å²) in [4.78, 5) is -0.220. The first-order valence-corrected chi connectivity index (χ1v) is 6.48. The molecule has 0 aliphatic rings. The van der Waals surface area contributed by atoms with E-state index >= 15 is 0 Å². The van der Waals surface area contributed by atoms with Crippen LogP contribution in [0.5, 0.6) is 0 Å². The molecule has 3 rings (SSSR count). The van der Waals surface area contributed by atoms with Crippen molar-refractivity contribution in [2.45, 2.75) is 4.90 Å². The highest BCUT2D eigenvalue weighted by Gasteiger charge is 2.14. The third-order valence-electron chi connectivity index (χ3n) is 2.70. The van der Waals surface area contributed by atoms with Crippen molar-refractivity contribution in [1.82, 2.24) is 0 Å². The van der Waals surface area contributed by atoms with Crippen LogP contribution >= 0.6 is 0 Å². The summed E-state index contributed by atoms with van der Waals surface area (Å²) in [5.41, 5.74) is 0.764. The van der Waals surface area contributed by atoms with Crippen LogP contribution in [-0.2, 0) is 10.1 Å². The van der Waals surface area contributed by atoms with Crippen LogP contribution in [0.25, 0.3) is 21.9 Å². The van der Waals surface area contributed by atoms with E-state index in [9.17, 15) is 12.8 Å². The highest BCUT2D eigenvalue weighted by molar-refractivity contribution is 7.85. The maximum Gasteiger partial charge on any atom is 0.294 e. The van der Waals surface area contributed by atoms with E-state index in [1.807, 2.05) is 0 Å². The molecule has 0 aliphatic carbocycles. The quantitative estimate of drug-likeness (QED) is 0.687. The van der Waals surface area contributed by atoms with Gasteiger partial charge in [-0.25, -0.2) is 4.39 Å². The van der Waals surface area contributed by atoms with Crippen LogP contribution < -0.4 is 0 Å². The minimum absolute atomic E-state index is 0.220. The number of hydrogen-bond acceptors (Lipinski definition) is 3. The van der Waals surface area contributed by atoms with Crippen molar-refractivity contribution in [3.63, 3.8) is 0 Å². The summed E-state index contributed by atoms with van der Waals surface area (Å²) in [6.45, 7) is 0. The summed E-state index contributed by atoms with van der Waals surface area (Å²) in [5.74, 6) is -0.434. The molecule has 0 saturated heterocycles. The molecule has 0 amide bonds. The third-order valence-corrected chi connectivity index (χ3v) is 3.55. The first-order chi connectivity index (χ1) is 8.45. The van der Waals surface area contributed by atoms with E-state index < -0.39 is 15.9 Å². The van der Waals surface area contributed by atoms with Gasteiger partial charge in [0.25, 0.3) is 10.1 Å². The van der Waals surface area contributed by atoms with Crippen molar-refractivity contribution in [3.8, 4) is 0 Å². The predicted octanol–water partition coefficient (Wildman–Crippen LogP) is 2.97. The Labute approximate surface area is 101 Å². The molecule has 0 radical (unpaired) electrons. The fraction of sp³-hybridized carbons (Fsp3) is 0. The van der Waals surface area contributed by atoms with E-state index in [0.717, 1.165) is 0 Å². The molecule has 18 heavy (non-hydrogen) atoms. The number of fused-ring (bicyclic) bond motifs is 3. The van der Waals surface area contributed by atoms with Gasteiger partial charge in [0.1, 0.15) is 17.0 Å². The average molecular weight is 266 g/mol. The Balaban J connectivity index is 2.43. The summed E-state index contributed by atoms with van der Waals surface area (Å²) in [6, 6.07) is 7.95. The standard InChI is InChI=1S/C12H7FO4S/c13-7-1-3-9-10-6-8(18(14,15)16)2-4-11(10)17-12(9)5-7/h1-6H,(H,14,15,16). The van der Waals surface area contributed by atoms with Crippen LogP contribution in [0.1, 0.15) is 0 Å². The number of furan rings is 1. The number of hydrogen-bond donors (Lipinski definition) is 1. The summed E-state index contributed by atoms with van der Waals surface area (Å²) < 4.78 is 49.5. The Morgan fingerprint density at radius 2 is 1.78 bits per heavy atom. The Bertz CT molecular complexity index is 864. The predicted molar refractivity (Wildman–Crippen MR) is 63.5 cm³/mol. The van der Waals surface area contributed by atoms with Gasteiger partial charge in [-0.05, 0) is 30.3 Å². The van der Waals surface area contributed by atoms with Crippen molar-refractivity contribution < 1.29 is 21.8 Å². The van der Waals surface area contributed by atoms with Crippen LogP contribution in [0.2, 0.25) is 0 Å². The Kier molecular flexibility index (Phi) is 2.20. The molecule has 0 atom stereocenters. The molecule has 92 valence electrons. The largest absolute Gasteiger partial charge is 0.456 e. The van der Waals surface area contributed by atoms with Gasteiger partial charge in [0.05, 0.1) is 4.90 Å². The van der Waals surface area contributed by atoms with Gasteiger partial charge in [0.2, 0.25) is 0 Å². The van der Waals surface area contributed by atoms with Gasteiger partial charge in [-0.3, -0.25) is 4.55 Å². The zero-order valence-corrected chi connectivity index (χ0v) is 9.74. The molecule has 0 spiro atoms. The Hall–Kier alpha value is -1.92. The summed E-state index contributed by atoms with van der Waals surface area (Å²) in [7, 11) is -4.26. The van der Waals surface area contributed by atoms with Crippen LogP contribution in [0, 0.1) is 5.82 Å². The van der Waals surface area contributed by atoms with E-state index in [2.05, 4.69) is 0 Å². The van der Waals surface area contributed by atoms with E-state index in [0.29, 0.717) is 21.9 Å². The molecule has 6 heteroatoms. The minimum Gasteiger partial charge on any atom is -0.456 e. The third kappa shape index (κ3) is 1.66. The van der Waals surface area contributed by atoms with E-state index in [4.69, 9.17) is 8.97 Å². The normalized spacial score (nSPS) is 12.3. The average Bonchev–Trinajstić information content (AvgIpc) is 2.63. The summed E-state index contributed by atoms with van der Waals surface area (Å²) in [5, 5.41) is 1.11. The number of halogens is 1. The van der Waals surface area contributed by atoms with Gasteiger partial charge < -0.3 is 4.42 Å². The van der Waals surface area contributed by atoms with Crippen LogP contribution in [0.3, 0.4) is 0 Å². The fourth-order valence-electron chi connectivity index (χ4n) is 1.89. The molecule has 0 fully saturated rings.